The first-order chi connectivity index (χ1) is 8.22. The molecule has 0 atom stereocenters. The van der Waals surface area contributed by atoms with E-state index in [9.17, 15) is 4.79 Å². The molecular formula is C11H10N2O2S2. The molecule has 17 heavy (non-hydrogen) atoms. The molecule has 1 aromatic heterocycles. The third-order valence-corrected chi connectivity index (χ3v) is 4.26. The van der Waals surface area contributed by atoms with Crippen molar-refractivity contribution in [2.45, 2.75) is 16.0 Å². The van der Waals surface area contributed by atoms with Crippen LogP contribution in [0, 0.1) is 6.92 Å². The molecule has 0 N–H and O–H groups in total. The number of carbonyl (C=O) groups excluding carboxylic acids is 1. The van der Waals surface area contributed by atoms with Crippen LogP contribution in [0.4, 0.5) is 0 Å². The van der Waals surface area contributed by atoms with Crippen molar-refractivity contribution in [2.24, 2.45) is 0 Å². The van der Waals surface area contributed by atoms with Gasteiger partial charge >= 0.3 is 5.97 Å². The Bertz CT molecular complexity index is 540. The van der Waals surface area contributed by atoms with Gasteiger partial charge in [0.25, 0.3) is 0 Å². The smallest absolute Gasteiger partial charge is 0.339 e. The average Bonchev–Trinajstić information content (AvgIpc) is 2.75. The number of hydrogen-bond acceptors (Lipinski definition) is 6. The first-order valence-electron chi connectivity index (χ1n) is 4.86. The van der Waals surface area contributed by atoms with Gasteiger partial charge in [-0.1, -0.05) is 28.4 Å². The Hall–Kier alpha value is -1.40. The highest BCUT2D eigenvalue weighted by atomic mass is 32.2. The van der Waals surface area contributed by atoms with Gasteiger partial charge in [-0.05, 0) is 30.6 Å². The minimum absolute atomic E-state index is 0.330. The van der Waals surface area contributed by atoms with E-state index in [0.29, 0.717) is 5.56 Å². The van der Waals surface area contributed by atoms with Crippen molar-refractivity contribution in [1.29, 1.82) is 0 Å². The lowest BCUT2D eigenvalue weighted by atomic mass is 10.2. The maximum atomic E-state index is 11.6. The Kier molecular flexibility index (Phi) is 3.75. The third-order valence-electron chi connectivity index (χ3n) is 2.10. The lowest BCUT2D eigenvalue weighted by molar-refractivity contribution is 0.0597. The van der Waals surface area contributed by atoms with Gasteiger partial charge in [0.15, 0.2) is 0 Å². The van der Waals surface area contributed by atoms with E-state index in [1.54, 1.807) is 6.07 Å². The summed E-state index contributed by atoms with van der Waals surface area (Å²) >= 11 is 2.81. The molecule has 0 aliphatic rings. The summed E-state index contributed by atoms with van der Waals surface area (Å²) in [5, 5.41) is 3.94. The molecule has 88 valence electrons. The maximum Gasteiger partial charge on any atom is 0.339 e. The molecule has 2 aromatic rings. The number of aryl methyl sites for hydroxylation is 1. The molecule has 0 saturated heterocycles. The Morgan fingerprint density at radius 3 is 2.82 bits per heavy atom. The van der Waals surface area contributed by atoms with E-state index in [-0.39, 0.29) is 5.97 Å². The molecule has 0 aliphatic heterocycles. The van der Waals surface area contributed by atoms with Crippen LogP contribution in [-0.2, 0) is 4.74 Å². The second kappa shape index (κ2) is 5.29. The van der Waals surface area contributed by atoms with Crippen LogP contribution in [0.5, 0.6) is 0 Å². The Morgan fingerprint density at radius 2 is 2.18 bits per heavy atom. The number of nitrogens with zero attached hydrogens (tertiary/aromatic N) is 2. The molecule has 0 bridgehead atoms. The molecule has 6 heteroatoms. The van der Waals surface area contributed by atoms with Crippen molar-refractivity contribution in [1.82, 2.24) is 9.59 Å². The zero-order valence-electron chi connectivity index (χ0n) is 9.34. The second-order valence-corrected chi connectivity index (χ2v) is 5.30. The van der Waals surface area contributed by atoms with Crippen LogP contribution < -0.4 is 0 Å². The molecule has 0 spiro atoms. The van der Waals surface area contributed by atoms with Gasteiger partial charge in [-0.15, -0.1) is 5.10 Å². The van der Waals surface area contributed by atoms with E-state index in [4.69, 9.17) is 4.74 Å². The topological polar surface area (TPSA) is 52.1 Å². The highest BCUT2D eigenvalue weighted by molar-refractivity contribution is 8.01. The highest BCUT2D eigenvalue weighted by Gasteiger charge is 2.14. The standard InChI is InChI=1S/C11H10N2O2S2/c1-7-11(17-13-12-7)16-9-6-4-3-5-8(9)10(14)15-2/h3-6H,1-2H3. The number of esters is 1. The van der Waals surface area contributed by atoms with Crippen molar-refractivity contribution in [3.05, 3.63) is 35.5 Å². The molecule has 4 nitrogen and oxygen atoms in total. The molecule has 0 amide bonds. The predicted octanol–water partition coefficient (Wildman–Crippen LogP) is 2.78. The van der Waals surface area contributed by atoms with E-state index >= 15 is 0 Å². The minimum atomic E-state index is -0.330. The van der Waals surface area contributed by atoms with Gasteiger partial charge in [0.1, 0.15) is 4.21 Å². The lowest BCUT2D eigenvalue weighted by Crippen LogP contribution is -2.02. The van der Waals surface area contributed by atoms with Gasteiger partial charge < -0.3 is 4.74 Å². The second-order valence-electron chi connectivity index (χ2n) is 3.24. The number of methoxy groups -OCH3 is 1. The van der Waals surface area contributed by atoms with Crippen LogP contribution in [0.25, 0.3) is 0 Å². The van der Waals surface area contributed by atoms with Gasteiger partial charge in [-0.2, -0.15) is 0 Å². The Labute approximate surface area is 107 Å². The van der Waals surface area contributed by atoms with Crippen molar-refractivity contribution in [2.75, 3.05) is 7.11 Å². The fraction of sp³-hybridized carbons (Fsp3) is 0.182. The SMILES string of the molecule is COC(=O)c1ccccc1Sc1snnc1C. The van der Waals surface area contributed by atoms with E-state index in [1.807, 2.05) is 25.1 Å². The summed E-state index contributed by atoms with van der Waals surface area (Å²) in [7, 11) is 1.38. The maximum absolute atomic E-state index is 11.6. The van der Waals surface area contributed by atoms with Gasteiger partial charge in [0.2, 0.25) is 0 Å². The summed E-state index contributed by atoms with van der Waals surface area (Å²) in [6.45, 7) is 1.90. The molecule has 0 aliphatic carbocycles. The van der Waals surface area contributed by atoms with Gasteiger partial charge in [0.05, 0.1) is 18.4 Å². The number of ether oxygens (including phenoxy) is 1. The fourth-order valence-electron chi connectivity index (χ4n) is 1.25. The molecule has 2 rings (SSSR count). The molecule has 0 unspecified atom stereocenters. The predicted molar refractivity (Wildman–Crippen MR) is 66.6 cm³/mol. The van der Waals surface area contributed by atoms with E-state index < -0.39 is 0 Å². The number of hydrogen-bond donors (Lipinski definition) is 0. The summed E-state index contributed by atoms with van der Waals surface area (Å²) in [6, 6.07) is 7.33. The number of carbonyl (C=O) groups is 1. The van der Waals surface area contributed by atoms with Gasteiger partial charge in [-0.3, -0.25) is 0 Å². The Morgan fingerprint density at radius 1 is 1.41 bits per heavy atom. The van der Waals surface area contributed by atoms with Crippen molar-refractivity contribution >= 4 is 29.3 Å². The molecular weight excluding hydrogens is 256 g/mol. The lowest BCUT2D eigenvalue weighted by Gasteiger charge is -2.05. The minimum Gasteiger partial charge on any atom is -0.465 e. The zero-order valence-corrected chi connectivity index (χ0v) is 11.0. The first-order valence-corrected chi connectivity index (χ1v) is 6.45. The molecule has 0 radical (unpaired) electrons. The van der Waals surface area contributed by atoms with E-state index in [1.165, 1.54) is 30.4 Å². The van der Waals surface area contributed by atoms with Crippen LogP contribution >= 0.6 is 23.3 Å². The van der Waals surface area contributed by atoms with Crippen LogP contribution in [0.1, 0.15) is 16.1 Å². The highest BCUT2D eigenvalue weighted by Crippen LogP contribution is 2.34. The number of benzene rings is 1. The summed E-state index contributed by atoms with van der Waals surface area (Å²) in [5.74, 6) is -0.330. The third kappa shape index (κ3) is 2.65. The quantitative estimate of drug-likeness (QED) is 0.800. The summed E-state index contributed by atoms with van der Waals surface area (Å²) in [4.78, 5) is 12.4. The van der Waals surface area contributed by atoms with Crippen molar-refractivity contribution in [3.8, 4) is 0 Å². The largest absolute Gasteiger partial charge is 0.465 e. The first kappa shape index (κ1) is 12.1. The monoisotopic (exact) mass is 266 g/mol. The van der Waals surface area contributed by atoms with Crippen LogP contribution in [0.3, 0.4) is 0 Å². The van der Waals surface area contributed by atoms with E-state index in [0.717, 1.165) is 14.8 Å². The van der Waals surface area contributed by atoms with Gasteiger partial charge in [-0.25, -0.2) is 4.79 Å². The van der Waals surface area contributed by atoms with Crippen LogP contribution in [0.15, 0.2) is 33.4 Å². The van der Waals surface area contributed by atoms with Crippen molar-refractivity contribution in [3.63, 3.8) is 0 Å². The van der Waals surface area contributed by atoms with Gasteiger partial charge in [0, 0.05) is 4.90 Å². The summed E-state index contributed by atoms with van der Waals surface area (Å²) in [6.07, 6.45) is 0. The molecule has 0 fully saturated rings. The van der Waals surface area contributed by atoms with Crippen molar-refractivity contribution < 1.29 is 9.53 Å². The summed E-state index contributed by atoms with van der Waals surface area (Å²) < 4.78 is 9.60. The number of aromatic nitrogens is 2. The number of rotatable bonds is 3. The summed E-state index contributed by atoms with van der Waals surface area (Å²) in [5.41, 5.74) is 1.44. The molecule has 0 saturated carbocycles. The molecule has 1 heterocycles. The Balaban J connectivity index is 2.33. The van der Waals surface area contributed by atoms with E-state index in [2.05, 4.69) is 9.59 Å². The molecule has 1 aromatic carbocycles. The average molecular weight is 266 g/mol. The normalized spacial score (nSPS) is 10.2. The zero-order chi connectivity index (χ0) is 12.3. The van der Waals surface area contributed by atoms with Crippen LogP contribution in [0.2, 0.25) is 0 Å². The van der Waals surface area contributed by atoms with Crippen LogP contribution in [-0.4, -0.2) is 22.7 Å². The fourth-order valence-corrected chi connectivity index (χ4v) is 2.98.